The number of hydrogen-bond donors (Lipinski definition) is 2. The van der Waals surface area contributed by atoms with Gasteiger partial charge >= 0.3 is 0 Å². The van der Waals surface area contributed by atoms with E-state index in [-0.39, 0.29) is 17.4 Å². The molecule has 2 N–H and O–H groups in total. The van der Waals surface area contributed by atoms with Gasteiger partial charge in [0.25, 0.3) is 0 Å². The lowest BCUT2D eigenvalue weighted by Crippen LogP contribution is -2.35. The van der Waals surface area contributed by atoms with Crippen LogP contribution in [0.3, 0.4) is 0 Å². The van der Waals surface area contributed by atoms with Crippen LogP contribution in [-0.4, -0.2) is 26.2 Å². The van der Waals surface area contributed by atoms with E-state index in [0.717, 1.165) is 18.4 Å². The number of hydrogen-bond acceptors (Lipinski definition) is 3. The Balaban J connectivity index is 2.75. The maximum absolute atomic E-state index is 12.1. The van der Waals surface area contributed by atoms with E-state index in [0.29, 0.717) is 0 Å². The van der Waals surface area contributed by atoms with Crippen LogP contribution < -0.4 is 4.72 Å². The van der Waals surface area contributed by atoms with Crippen LogP contribution >= 0.6 is 0 Å². The molecule has 108 valence electrons. The predicted octanol–water partition coefficient (Wildman–Crippen LogP) is 1.93. The Kier molecular flexibility index (Phi) is 5.97. The van der Waals surface area contributed by atoms with Crippen molar-refractivity contribution in [3.8, 4) is 0 Å². The maximum atomic E-state index is 12.1. The first kappa shape index (κ1) is 16.1. The van der Waals surface area contributed by atoms with Gasteiger partial charge in [-0.1, -0.05) is 39.3 Å². The number of sulfonamides is 1. The molecule has 0 fully saturated rings. The molecule has 5 heteroatoms. The first-order valence-corrected chi connectivity index (χ1v) is 8.15. The van der Waals surface area contributed by atoms with Gasteiger partial charge in [-0.15, -0.1) is 0 Å². The topological polar surface area (TPSA) is 66.4 Å². The molecule has 1 rings (SSSR count). The van der Waals surface area contributed by atoms with E-state index < -0.39 is 16.1 Å². The molecule has 0 radical (unpaired) electrons. The van der Waals surface area contributed by atoms with Crippen molar-refractivity contribution in [2.45, 2.75) is 44.6 Å². The Morgan fingerprint density at radius 2 is 2.00 bits per heavy atom. The van der Waals surface area contributed by atoms with Crippen LogP contribution in [0.25, 0.3) is 0 Å². The van der Waals surface area contributed by atoms with E-state index in [4.69, 9.17) is 0 Å². The van der Waals surface area contributed by atoms with Gasteiger partial charge in [0.1, 0.15) is 0 Å². The van der Waals surface area contributed by atoms with Crippen molar-refractivity contribution >= 4 is 10.0 Å². The molecule has 0 saturated carbocycles. The highest BCUT2D eigenvalue weighted by atomic mass is 32.2. The summed E-state index contributed by atoms with van der Waals surface area (Å²) < 4.78 is 26.7. The highest BCUT2D eigenvalue weighted by Gasteiger charge is 2.18. The van der Waals surface area contributed by atoms with E-state index in [1.807, 2.05) is 26.8 Å². The summed E-state index contributed by atoms with van der Waals surface area (Å²) in [4.78, 5) is 0.253. The largest absolute Gasteiger partial charge is 0.391 e. The SMILES string of the molecule is CCc1cccc(S(=O)(=O)NCC(O)C(C)CC)c1. The second-order valence-electron chi connectivity index (χ2n) is 4.81. The number of nitrogens with one attached hydrogen (secondary N) is 1. The molecule has 0 aliphatic rings. The number of aryl methyl sites for hydroxylation is 1. The van der Waals surface area contributed by atoms with Gasteiger partial charge in [-0.2, -0.15) is 0 Å². The predicted molar refractivity (Wildman–Crippen MR) is 76.5 cm³/mol. The Labute approximate surface area is 115 Å². The number of aliphatic hydroxyl groups is 1. The van der Waals surface area contributed by atoms with Gasteiger partial charge in [0.15, 0.2) is 0 Å². The van der Waals surface area contributed by atoms with Gasteiger partial charge in [0.05, 0.1) is 11.0 Å². The first-order valence-electron chi connectivity index (χ1n) is 6.67. The fourth-order valence-corrected chi connectivity index (χ4v) is 2.81. The van der Waals surface area contributed by atoms with Gasteiger partial charge < -0.3 is 5.11 Å². The zero-order valence-electron chi connectivity index (χ0n) is 11.8. The van der Waals surface area contributed by atoms with Crippen LogP contribution in [0.2, 0.25) is 0 Å². The fraction of sp³-hybridized carbons (Fsp3) is 0.571. The van der Waals surface area contributed by atoms with Crippen molar-refractivity contribution in [3.05, 3.63) is 29.8 Å². The third kappa shape index (κ3) is 4.60. The normalized spacial score (nSPS) is 15.2. The van der Waals surface area contributed by atoms with Gasteiger partial charge in [-0.05, 0) is 30.0 Å². The molecular weight excluding hydrogens is 262 g/mol. The molecule has 0 amide bonds. The zero-order chi connectivity index (χ0) is 14.5. The molecule has 0 aliphatic carbocycles. The van der Waals surface area contributed by atoms with Crippen LogP contribution in [0.4, 0.5) is 0 Å². The lowest BCUT2D eigenvalue weighted by atomic mass is 10.0. The summed E-state index contributed by atoms with van der Waals surface area (Å²) in [7, 11) is -3.54. The van der Waals surface area contributed by atoms with E-state index in [1.165, 1.54) is 0 Å². The van der Waals surface area contributed by atoms with Crippen LogP contribution in [0.5, 0.6) is 0 Å². The van der Waals surface area contributed by atoms with E-state index in [1.54, 1.807) is 18.2 Å². The molecule has 2 unspecified atom stereocenters. The molecule has 0 aromatic heterocycles. The van der Waals surface area contributed by atoms with Crippen LogP contribution in [0.15, 0.2) is 29.2 Å². The van der Waals surface area contributed by atoms with Gasteiger partial charge in [0.2, 0.25) is 10.0 Å². The summed E-state index contributed by atoms with van der Waals surface area (Å²) in [5, 5.41) is 9.80. The standard InChI is InChI=1S/C14H23NO3S/c1-4-11(3)14(16)10-15-19(17,18)13-8-6-7-12(5-2)9-13/h6-9,11,14-16H,4-5,10H2,1-3H3. The Hall–Kier alpha value is -0.910. The van der Waals surface area contributed by atoms with Crippen molar-refractivity contribution < 1.29 is 13.5 Å². The van der Waals surface area contributed by atoms with Crippen molar-refractivity contribution in [2.75, 3.05) is 6.54 Å². The zero-order valence-corrected chi connectivity index (χ0v) is 12.6. The van der Waals surface area contributed by atoms with Crippen molar-refractivity contribution in [3.63, 3.8) is 0 Å². The summed E-state index contributed by atoms with van der Waals surface area (Å²) >= 11 is 0. The molecule has 1 aromatic rings. The highest BCUT2D eigenvalue weighted by molar-refractivity contribution is 7.89. The fourth-order valence-electron chi connectivity index (χ4n) is 1.68. The minimum Gasteiger partial charge on any atom is -0.391 e. The second-order valence-corrected chi connectivity index (χ2v) is 6.57. The summed E-state index contributed by atoms with van der Waals surface area (Å²) in [6, 6.07) is 6.86. The Morgan fingerprint density at radius 1 is 1.32 bits per heavy atom. The van der Waals surface area contributed by atoms with Crippen molar-refractivity contribution in [1.82, 2.24) is 4.72 Å². The summed E-state index contributed by atoms with van der Waals surface area (Å²) in [6.07, 6.45) is 0.946. The molecule has 0 bridgehead atoms. The number of benzene rings is 1. The third-order valence-corrected chi connectivity index (χ3v) is 4.82. The molecule has 0 heterocycles. The average molecular weight is 285 g/mol. The molecule has 0 saturated heterocycles. The van der Waals surface area contributed by atoms with Crippen LogP contribution in [-0.2, 0) is 16.4 Å². The minimum absolute atomic E-state index is 0.0493. The van der Waals surface area contributed by atoms with Crippen LogP contribution in [0, 0.1) is 5.92 Å². The summed E-state index contributed by atoms with van der Waals surface area (Å²) in [5.41, 5.74) is 0.977. The number of rotatable bonds is 7. The lowest BCUT2D eigenvalue weighted by molar-refractivity contribution is 0.118. The maximum Gasteiger partial charge on any atom is 0.240 e. The lowest BCUT2D eigenvalue weighted by Gasteiger charge is -2.17. The van der Waals surface area contributed by atoms with Gasteiger partial charge in [-0.25, -0.2) is 13.1 Å². The minimum atomic E-state index is -3.54. The average Bonchev–Trinajstić information content (AvgIpc) is 2.43. The van der Waals surface area contributed by atoms with E-state index >= 15 is 0 Å². The van der Waals surface area contributed by atoms with Crippen molar-refractivity contribution in [2.24, 2.45) is 5.92 Å². The summed E-state index contributed by atoms with van der Waals surface area (Å²) in [5.74, 6) is 0.0738. The van der Waals surface area contributed by atoms with Gasteiger partial charge in [-0.3, -0.25) is 0 Å². The molecular formula is C14H23NO3S. The van der Waals surface area contributed by atoms with Crippen molar-refractivity contribution in [1.29, 1.82) is 0 Å². The Bertz CT molecular complexity index is 499. The highest BCUT2D eigenvalue weighted by Crippen LogP contribution is 2.13. The molecule has 0 aliphatic heterocycles. The summed E-state index contributed by atoms with van der Waals surface area (Å²) in [6.45, 7) is 5.89. The smallest absolute Gasteiger partial charge is 0.240 e. The van der Waals surface area contributed by atoms with Crippen LogP contribution in [0.1, 0.15) is 32.8 Å². The van der Waals surface area contributed by atoms with E-state index in [2.05, 4.69) is 4.72 Å². The molecule has 4 nitrogen and oxygen atoms in total. The molecule has 19 heavy (non-hydrogen) atoms. The quantitative estimate of drug-likeness (QED) is 0.804. The molecule has 2 atom stereocenters. The monoisotopic (exact) mass is 285 g/mol. The number of aliphatic hydroxyl groups excluding tert-OH is 1. The molecule has 0 spiro atoms. The molecule has 1 aromatic carbocycles. The second kappa shape index (κ2) is 7.03. The Morgan fingerprint density at radius 3 is 2.58 bits per heavy atom. The van der Waals surface area contributed by atoms with Gasteiger partial charge in [0, 0.05) is 6.54 Å². The third-order valence-electron chi connectivity index (χ3n) is 3.40. The first-order chi connectivity index (χ1) is 8.90. The van der Waals surface area contributed by atoms with E-state index in [9.17, 15) is 13.5 Å².